The molecule has 48 heavy (non-hydrogen) atoms. The van der Waals surface area contributed by atoms with Crippen molar-refractivity contribution in [2.24, 2.45) is 0 Å². The molecule has 0 heterocycles. The highest BCUT2D eigenvalue weighted by molar-refractivity contribution is 5.70. The summed E-state index contributed by atoms with van der Waals surface area (Å²) in [5.41, 5.74) is 0. The van der Waals surface area contributed by atoms with Crippen LogP contribution in [0.3, 0.4) is 0 Å². The minimum absolute atomic E-state index is 0.0885. The van der Waals surface area contributed by atoms with Gasteiger partial charge in [-0.25, -0.2) is 0 Å². The van der Waals surface area contributed by atoms with Gasteiger partial charge in [0.25, 0.3) is 0 Å². The summed E-state index contributed by atoms with van der Waals surface area (Å²) >= 11 is 0. The number of esters is 2. The first-order chi connectivity index (χ1) is 23.6. The van der Waals surface area contributed by atoms with E-state index in [1.807, 2.05) is 0 Å². The average molecular weight is 671 g/mol. The van der Waals surface area contributed by atoms with Crippen LogP contribution < -0.4 is 0 Å². The number of allylic oxidation sites excluding steroid dienone is 10. The second-order valence-corrected chi connectivity index (χ2v) is 13.0. The summed E-state index contributed by atoms with van der Waals surface area (Å²) in [5.74, 6) is -0.658. The van der Waals surface area contributed by atoms with E-state index in [2.05, 4.69) is 74.6 Å². The molecule has 0 aliphatic rings. The first-order valence-corrected chi connectivity index (χ1v) is 19.8. The normalized spacial score (nSPS) is 12.8. The summed E-state index contributed by atoms with van der Waals surface area (Å²) in [5, 5.41) is 9.54. The third kappa shape index (κ3) is 36.4. The number of hydrogen-bond acceptors (Lipinski definition) is 5. The molecule has 0 fully saturated rings. The lowest BCUT2D eigenvalue weighted by atomic mass is 10.0. The molecule has 0 aromatic rings. The molecule has 0 aliphatic carbocycles. The van der Waals surface area contributed by atoms with E-state index in [0.717, 1.165) is 57.8 Å². The maximum atomic E-state index is 12.1. The Bertz CT molecular complexity index is 853. The molecule has 5 nitrogen and oxygen atoms in total. The van der Waals surface area contributed by atoms with Crippen LogP contribution in [0.2, 0.25) is 0 Å². The van der Waals surface area contributed by atoms with Crippen LogP contribution in [0.4, 0.5) is 0 Å². The summed E-state index contributed by atoms with van der Waals surface area (Å²) in [6.07, 6.45) is 50.0. The van der Waals surface area contributed by atoms with Crippen LogP contribution in [-0.4, -0.2) is 36.4 Å². The molecule has 0 rings (SSSR count). The lowest BCUT2D eigenvalue weighted by Crippen LogP contribution is -2.28. The molecular weight excluding hydrogens is 596 g/mol. The zero-order valence-electron chi connectivity index (χ0n) is 31.2. The fraction of sp³-hybridized carbons (Fsp3) is 0.721. The topological polar surface area (TPSA) is 72.8 Å². The molecule has 1 atom stereocenters. The predicted octanol–water partition coefficient (Wildman–Crippen LogP) is 12.4. The van der Waals surface area contributed by atoms with E-state index in [0.29, 0.717) is 12.8 Å². The average Bonchev–Trinajstić information content (AvgIpc) is 3.09. The molecule has 0 amide bonds. The van der Waals surface area contributed by atoms with Gasteiger partial charge in [-0.1, -0.05) is 177 Å². The fourth-order valence-electron chi connectivity index (χ4n) is 5.35. The van der Waals surface area contributed by atoms with Crippen LogP contribution in [0, 0.1) is 0 Å². The van der Waals surface area contributed by atoms with E-state index in [9.17, 15) is 14.7 Å². The lowest BCUT2D eigenvalue weighted by Gasteiger charge is -2.15. The largest absolute Gasteiger partial charge is 0.462 e. The Balaban J connectivity index is 3.64. The minimum atomic E-state index is -0.800. The van der Waals surface area contributed by atoms with Gasteiger partial charge in [0.2, 0.25) is 0 Å². The summed E-state index contributed by atoms with van der Waals surface area (Å²) < 4.78 is 10.6. The molecule has 0 aromatic heterocycles. The van der Waals surface area contributed by atoms with Crippen molar-refractivity contribution in [1.29, 1.82) is 0 Å². The van der Waals surface area contributed by atoms with Crippen LogP contribution in [0.15, 0.2) is 60.8 Å². The molecule has 0 aliphatic heterocycles. The number of rotatable bonds is 35. The summed E-state index contributed by atoms with van der Waals surface area (Å²) in [7, 11) is 0. The van der Waals surface area contributed by atoms with Gasteiger partial charge >= 0.3 is 11.9 Å². The Labute approximate surface area is 296 Å². The number of carbonyl (C=O) groups excluding carboxylic acids is 2. The van der Waals surface area contributed by atoms with Crippen molar-refractivity contribution in [1.82, 2.24) is 0 Å². The first kappa shape index (κ1) is 45.6. The van der Waals surface area contributed by atoms with Crippen LogP contribution in [0.5, 0.6) is 0 Å². The van der Waals surface area contributed by atoms with Gasteiger partial charge in [-0.3, -0.25) is 9.59 Å². The van der Waals surface area contributed by atoms with Crippen molar-refractivity contribution in [3.63, 3.8) is 0 Å². The fourth-order valence-corrected chi connectivity index (χ4v) is 5.35. The second kappa shape index (κ2) is 39.0. The monoisotopic (exact) mass is 671 g/mol. The van der Waals surface area contributed by atoms with Crippen molar-refractivity contribution in [2.75, 3.05) is 13.2 Å². The quantitative estimate of drug-likeness (QED) is 0.0413. The van der Waals surface area contributed by atoms with E-state index in [1.54, 1.807) is 0 Å². The molecule has 0 saturated heterocycles. The van der Waals surface area contributed by atoms with Gasteiger partial charge < -0.3 is 14.6 Å². The van der Waals surface area contributed by atoms with Crippen molar-refractivity contribution in [2.45, 2.75) is 187 Å². The van der Waals surface area contributed by atoms with Gasteiger partial charge in [0, 0.05) is 12.8 Å². The number of aliphatic hydroxyl groups excluding tert-OH is 1. The third-order valence-electron chi connectivity index (χ3n) is 8.33. The highest BCUT2D eigenvalue weighted by Crippen LogP contribution is 2.14. The Kier molecular flexibility index (Phi) is 37.1. The number of unbranched alkanes of at least 4 members (excludes halogenated alkanes) is 17. The Morgan fingerprint density at radius 1 is 0.500 bits per heavy atom. The molecule has 0 spiro atoms. The summed E-state index contributed by atoms with van der Waals surface area (Å²) in [6, 6.07) is 0. The number of carbonyl (C=O) groups is 2. The smallest absolute Gasteiger partial charge is 0.306 e. The standard InChI is InChI=1S/C43H74O5/c1-3-5-7-9-11-13-15-17-19-21-23-25-27-29-31-33-35-37-42(45)47-40-41(39-44)48-43(46)38-36-34-32-30-28-26-24-22-20-18-16-14-12-10-8-6-4-2/h6,8,12,14,18,20,24,26,30,32,41,44H,3-5,7,9-11,13,15-17,19,21-23,25,27-29,31,33-40H2,1-2H3. The van der Waals surface area contributed by atoms with Gasteiger partial charge in [0.1, 0.15) is 6.61 Å². The van der Waals surface area contributed by atoms with Crippen LogP contribution in [-0.2, 0) is 19.1 Å². The highest BCUT2D eigenvalue weighted by atomic mass is 16.6. The van der Waals surface area contributed by atoms with E-state index < -0.39 is 6.10 Å². The molecule has 0 bridgehead atoms. The predicted molar refractivity (Wildman–Crippen MR) is 205 cm³/mol. The zero-order chi connectivity index (χ0) is 35.0. The van der Waals surface area contributed by atoms with E-state index in [4.69, 9.17) is 9.47 Å². The van der Waals surface area contributed by atoms with Crippen molar-refractivity contribution < 1.29 is 24.2 Å². The van der Waals surface area contributed by atoms with E-state index in [1.165, 1.54) is 89.9 Å². The van der Waals surface area contributed by atoms with Crippen LogP contribution in [0.25, 0.3) is 0 Å². The minimum Gasteiger partial charge on any atom is -0.462 e. The van der Waals surface area contributed by atoms with Gasteiger partial charge in [-0.2, -0.15) is 0 Å². The van der Waals surface area contributed by atoms with Gasteiger partial charge in [0.15, 0.2) is 6.10 Å². The van der Waals surface area contributed by atoms with Gasteiger partial charge in [-0.05, 0) is 51.4 Å². The molecular formula is C43H74O5. The molecule has 0 saturated carbocycles. The first-order valence-electron chi connectivity index (χ1n) is 19.8. The maximum Gasteiger partial charge on any atom is 0.306 e. The third-order valence-corrected chi connectivity index (χ3v) is 8.33. The molecule has 276 valence electrons. The Morgan fingerprint density at radius 3 is 1.33 bits per heavy atom. The summed E-state index contributed by atoms with van der Waals surface area (Å²) in [4.78, 5) is 24.2. The lowest BCUT2D eigenvalue weighted by molar-refractivity contribution is -0.161. The van der Waals surface area contributed by atoms with Crippen molar-refractivity contribution >= 4 is 11.9 Å². The molecule has 0 radical (unpaired) electrons. The number of aliphatic hydroxyl groups is 1. The van der Waals surface area contributed by atoms with Crippen molar-refractivity contribution in [3.05, 3.63) is 60.8 Å². The zero-order valence-corrected chi connectivity index (χ0v) is 31.2. The Hall–Kier alpha value is -2.40. The number of ether oxygens (including phenoxy) is 2. The van der Waals surface area contributed by atoms with Crippen molar-refractivity contribution in [3.8, 4) is 0 Å². The van der Waals surface area contributed by atoms with Crippen LogP contribution in [0.1, 0.15) is 181 Å². The second-order valence-electron chi connectivity index (χ2n) is 13.0. The molecule has 1 unspecified atom stereocenters. The van der Waals surface area contributed by atoms with Crippen LogP contribution >= 0.6 is 0 Å². The SMILES string of the molecule is CCC=CCC=CCC=CCC=CCC=CCCCC(=O)OC(CO)COC(=O)CCCCCCCCCCCCCCCCCCC. The van der Waals surface area contributed by atoms with E-state index in [-0.39, 0.29) is 31.6 Å². The maximum absolute atomic E-state index is 12.1. The molecule has 1 N–H and O–H groups in total. The number of hydrogen-bond donors (Lipinski definition) is 1. The van der Waals surface area contributed by atoms with Gasteiger partial charge in [0.05, 0.1) is 6.61 Å². The van der Waals surface area contributed by atoms with E-state index >= 15 is 0 Å². The Morgan fingerprint density at radius 2 is 0.896 bits per heavy atom. The summed E-state index contributed by atoms with van der Waals surface area (Å²) in [6.45, 7) is 3.98. The molecule has 5 heteroatoms. The molecule has 0 aromatic carbocycles. The highest BCUT2D eigenvalue weighted by Gasteiger charge is 2.15. The van der Waals surface area contributed by atoms with Gasteiger partial charge in [-0.15, -0.1) is 0 Å².